The van der Waals surface area contributed by atoms with E-state index in [-0.39, 0.29) is 0 Å². The molecule has 3 rings (SSSR count). The van der Waals surface area contributed by atoms with Crippen LogP contribution in [0.2, 0.25) is 0 Å². The van der Waals surface area contributed by atoms with Crippen LogP contribution in [0.3, 0.4) is 0 Å². The third kappa shape index (κ3) is 3.14. The topological polar surface area (TPSA) is 39.3 Å². The Morgan fingerprint density at radius 2 is 2.20 bits per heavy atom. The van der Waals surface area contributed by atoms with Crippen molar-refractivity contribution >= 4 is 0 Å². The highest BCUT2D eigenvalue weighted by atomic mass is 16.5. The van der Waals surface area contributed by atoms with Gasteiger partial charge in [-0.3, -0.25) is 0 Å². The summed E-state index contributed by atoms with van der Waals surface area (Å²) >= 11 is 0. The normalized spacial score (nSPS) is 18.8. The molecule has 0 unspecified atom stereocenters. The summed E-state index contributed by atoms with van der Waals surface area (Å²) in [5, 5.41) is 3.49. The first-order valence-electron chi connectivity index (χ1n) is 7.31. The van der Waals surface area contributed by atoms with Crippen molar-refractivity contribution in [3.63, 3.8) is 0 Å². The van der Waals surface area contributed by atoms with Gasteiger partial charge in [-0.05, 0) is 37.1 Å². The molecule has 1 saturated heterocycles. The molecule has 4 heteroatoms. The summed E-state index contributed by atoms with van der Waals surface area (Å²) in [6, 6.07) is 8.30. The lowest BCUT2D eigenvalue weighted by atomic mass is 10.2. The number of furan rings is 1. The fourth-order valence-electron chi connectivity index (χ4n) is 2.71. The molecule has 1 aliphatic heterocycles. The fraction of sp³-hybridized carbons (Fsp3) is 0.500. The van der Waals surface area contributed by atoms with Gasteiger partial charge in [-0.2, -0.15) is 0 Å². The number of hydrogen-bond acceptors (Lipinski definition) is 3. The van der Waals surface area contributed by atoms with Crippen LogP contribution in [0.5, 0.6) is 0 Å². The Balaban J connectivity index is 1.53. The van der Waals surface area contributed by atoms with E-state index < -0.39 is 0 Å². The molecule has 1 fully saturated rings. The highest BCUT2D eigenvalue weighted by Gasteiger charge is 2.15. The molecule has 1 atom stereocenters. The Morgan fingerprint density at radius 1 is 1.30 bits per heavy atom. The van der Waals surface area contributed by atoms with Crippen molar-refractivity contribution < 1.29 is 9.15 Å². The Bertz CT molecular complexity index is 525. The van der Waals surface area contributed by atoms with E-state index in [1.54, 1.807) is 6.26 Å². The van der Waals surface area contributed by atoms with Gasteiger partial charge in [0.1, 0.15) is 5.76 Å². The van der Waals surface area contributed by atoms with E-state index in [1.165, 1.54) is 24.2 Å². The van der Waals surface area contributed by atoms with Gasteiger partial charge >= 0.3 is 0 Å². The van der Waals surface area contributed by atoms with Crippen molar-refractivity contribution in [3.05, 3.63) is 47.7 Å². The number of nitrogens with zero attached hydrogens (tertiary/aromatic N) is 1. The maximum Gasteiger partial charge on any atom is 0.109 e. The van der Waals surface area contributed by atoms with E-state index in [2.05, 4.69) is 29.1 Å². The molecule has 0 amide bonds. The van der Waals surface area contributed by atoms with Gasteiger partial charge in [-0.15, -0.1) is 0 Å². The van der Waals surface area contributed by atoms with Crippen molar-refractivity contribution in [2.45, 2.75) is 31.9 Å². The molecule has 0 spiro atoms. The molecule has 1 N–H and O–H groups in total. The largest absolute Gasteiger partial charge is 0.469 e. The lowest BCUT2D eigenvalue weighted by Crippen LogP contribution is -2.26. The van der Waals surface area contributed by atoms with Crippen LogP contribution in [0, 0.1) is 0 Å². The van der Waals surface area contributed by atoms with Crippen LogP contribution in [0.1, 0.15) is 30.0 Å². The lowest BCUT2D eigenvalue weighted by Gasteiger charge is -2.12. The second kappa shape index (κ2) is 6.29. The molecule has 0 aliphatic carbocycles. The summed E-state index contributed by atoms with van der Waals surface area (Å²) in [6.45, 7) is 2.75. The molecule has 2 aromatic rings. The quantitative estimate of drug-likeness (QED) is 0.879. The maximum atomic E-state index is 5.61. The standard InChI is InChI=1S/C16H22N2O2/c1-18-13(10-15-4-2-8-19-15)6-7-14(18)11-17-12-16-5-3-9-20-16/h2,4,6-8,16-17H,3,5,9-12H2,1H3/t16-/m1/s1. The molecule has 108 valence electrons. The van der Waals surface area contributed by atoms with Gasteiger partial charge < -0.3 is 19.0 Å². The SMILES string of the molecule is Cn1c(CNC[C@H]2CCCO2)ccc1Cc1ccco1. The second-order valence-corrected chi connectivity index (χ2v) is 5.40. The van der Waals surface area contributed by atoms with Gasteiger partial charge in [0.05, 0.1) is 12.4 Å². The summed E-state index contributed by atoms with van der Waals surface area (Å²) < 4.78 is 13.3. The zero-order valence-electron chi connectivity index (χ0n) is 12.0. The average molecular weight is 274 g/mol. The van der Waals surface area contributed by atoms with E-state index in [0.29, 0.717) is 6.10 Å². The van der Waals surface area contributed by atoms with E-state index in [1.807, 2.05) is 12.1 Å². The molecule has 2 aromatic heterocycles. The van der Waals surface area contributed by atoms with E-state index in [0.717, 1.165) is 31.9 Å². The monoisotopic (exact) mass is 274 g/mol. The summed E-state index contributed by atoms with van der Waals surface area (Å²) in [5.74, 6) is 1.00. The van der Waals surface area contributed by atoms with Gasteiger partial charge in [0.15, 0.2) is 0 Å². The van der Waals surface area contributed by atoms with Crippen LogP contribution in [0.15, 0.2) is 34.9 Å². The second-order valence-electron chi connectivity index (χ2n) is 5.40. The van der Waals surface area contributed by atoms with Crippen molar-refractivity contribution in [1.29, 1.82) is 0 Å². The molecule has 0 aromatic carbocycles. The molecule has 20 heavy (non-hydrogen) atoms. The molecular weight excluding hydrogens is 252 g/mol. The molecular formula is C16H22N2O2. The summed E-state index contributed by atoms with van der Waals surface area (Å²) in [6.07, 6.45) is 5.35. The molecule has 3 heterocycles. The fourth-order valence-corrected chi connectivity index (χ4v) is 2.71. The number of nitrogens with one attached hydrogen (secondary N) is 1. The third-order valence-electron chi connectivity index (χ3n) is 3.97. The minimum absolute atomic E-state index is 0.401. The van der Waals surface area contributed by atoms with Crippen molar-refractivity contribution in [2.24, 2.45) is 7.05 Å². The predicted molar refractivity (Wildman–Crippen MR) is 77.6 cm³/mol. The number of rotatable bonds is 6. The lowest BCUT2D eigenvalue weighted by molar-refractivity contribution is 0.110. The van der Waals surface area contributed by atoms with E-state index >= 15 is 0 Å². The first-order valence-corrected chi connectivity index (χ1v) is 7.31. The van der Waals surface area contributed by atoms with Crippen LogP contribution in [0.4, 0.5) is 0 Å². The van der Waals surface area contributed by atoms with Gasteiger partial charge in [0, 0.05) is 44.6 Å². The molecule has 0 radical (unpaired) electrons. The third-order valence-corrected chi connectivity index (χ3v) is 3.97. The number of aromatic nitrogens is 1. The Kier molecular flexibility index (Phi) is 4.23. The molecule has 1 aliphatic rings. The van der Waals surface area contributed by atoms with Crippen LogP contribution in [-0.4, -0.2) is 23.8 Å². The number of ether oxygens (including phenoxy) is 1. The van der Waals surface area contributed by atoms with Gasteiger partial charge in [-0.1, -0.05) is 0 Å². The highest BCUT2D eigenvalue weighted by molar-refractivity contribution is 5.20. The Morgan fingerprint density at radius 3 is 2.95 bits per heavy atom. The van der Waals surface area contributed by atoms with Crippen molar-refractivity contribution in [1.82, 2.24) is 9.88 Å². The first-order chi connectivity index (χ1) is 9.83. The van der Waals surface area contributed by atoms with Crippen LogP contribution >= 0.6 is 0 Å². The Hall–Kier alpha value is -1.52. The minimum atomic E-state index is 0.401. The highest BCUT2D eigenvalue weighted by Crippen LogP contribution is 2.14. The van der Waals surface area contributed by atoms with E-state index in [9.17, 15) is 0 Å². The van der Waals surface area contributed by atoms with Crippen molar-refractivity contribution in [3.8, 4) is 0 Å². The maximum absolute atomic E-state index is 5.61. The van der Waals surface area contributed by atoms with Crippen LogP contribution in [0.25, 0.3) is 0 Å². The summed E-state index contributed by atoms with van der Waals surface area (Å²) in [5.41, 5.74) is 2.57. The molecule has 0 bridgehead atoms. The predicted octanol–water partition coefficient (Wildman–Crippen LogP) is 2.48. The van der Waals surface area contributed by atoms with Crippen LogP contribution in [-0.2, 0) is 24.8 Å². The zero-order chi connectivity index (χ0) is 13.8. The van der Waals surface area contributed by atoms with Gasteiger partial charge in [0.2, 0.25) is 0 Å². The minimum Gasteiger partial charge on any atom is -0.469 e. The number of hydrogen-bond donors (Lipinski definition) is 1. The molecule has 4 nitrogen and oxygen atoms in total. The van der Waals surface area contributed by atoms with Crippen molar-refractivity contribution in [2.75, 3.05) is 13.2 Å². The van der Waals surface area contributed by atoms with Crippen LogP contribution < -0.4 is 5.32 Å². The van der Waals surface area contributed by atoms with Gasteiger partial charge in [-0.25, -0.2) is 0 Å². The Labute approximate surface area is 119 Å². The summed E-state index contributed by atoms with van der Waals surface area (Å²) in [7, 11) is 2.11. The van der Waals surface area contributed by atoms with Gasteiger partial charge in [0.25, 0.3) is 0 Å². The smallest absolute Gasteiger partial charge is 0.109 e. The summed E-state index contributed by atoms with van der Waals surface area (Å²) in [4.78, 5) is 0. The zero-order valence-corrected chi connectivity index (χ0v) is 12.0. The molecule has 0 saturated carbocycles. The first kappa shape index (κ1) is 13.5. The average Bonchev–Trinajstić information content (AvgIpc) is 3.17. The van der Waals surface area contributed by atoms with E-state index in [4.69, 9.17) is 9.15 Å².